The monoisotopic (exact) mass is 442 g/mol. The second-order valence-corrected chi connectivity index (χ2v) is 10.3. The van der Waals surface area contributed by atoms with Gasteiger partial charge in [-0.25, -0.2) is 8.42 Å². The van der Waals surface area contributed by atoms with Crippen molar-refractivity contribution in [3.8, 4) is 5.75 Å². The van der Waals surface area contributed by atoms with Crippen molar-refractivity contribution in [2.75, 3.05) is 19.7 Å². The molecule has 2 aromatic rings. The highest BCUT2D eigenvalue weighted by Gasteiger charge is 2.30. The number of nitrogens with one attached hydrogen (secondary N) is 1. The summed E-state index contributed by atoms with van der Waals surface area (Å²) in [5, 5.41) is 5.38. The number of ether oxygens (including phenoxy) is 1. The van der Waals surface area contributed by atoms with Gasteiger partial charge in [-0.1, -0.05) is 17.7 Å². The van der Waals surface area contributed by atoms with Gasteiger partial charge >= 0.3 is 0 Å². The van der Waals surface area contributed by atoms with Crippen LogP contribution in [-0.2, 0) is 14.8 Å². The molecule has 1 aromatic heterocycles. The summed E-state index contributed by atoms with van der Waals surface area (Å²) in [6.07, 6.45) is 1.16. The Labute approximate surface area is 174 Å². The van der Waals surface area contributed by atoms with Crippen LogP contribution in [-0.4, -0.2) is 44.4 Å². The Hall–Kier alpha value is -1.61. The van der Waals surface area contributed by atoms with Crippen LogP contribution >= 0.6 is 22.9 Å². The third-order valence-electron chi connectivity index (χ3n) is 4.69. The van der Waals surface area contributed by atoms with Crippen LogP contribution in [0.2, 0.25) is 5.02 Å². The van der Waals surface area contributed by atoms with Gasteiger partial charge in [-0.2, -0.15) is 4.31 Å². The first-order valence-corrected chi connectivity index (χ1v) is 11.7. The van der Waals surface area contributed by atoms with Crippen molar-refractivity contribution in [3.05, 3.63) is 45.8 Å². The highest BCUT2D eigenvalue weighted by molar-refractivity contribution is 7.91. The Morgan fingerprint density at radius 3 is 2.50 bits per heavy atom. The topological polar surface area (TPSA) is 75.7 Å². The fourth-order valence-corrected chi connectivity index (χ4v) is 5.91. The summed E-state index contributed by atoms with van der Waals surface area (Å²) in [6.45, 7) is 4.47. The molecule has 0 saturated carbocycles. The van der Waals surface area contributed by atoms with Gasteiger partial charge in [0.05, 0.1) is 0 Å². The highest BCUT2D eigenvalue weighted by atomic mass is 35.5. The molecule has 1 aliphatic heterocycles. The van der Waals surface area contributed by atoms with Gasteiger partial charge in [0, 0.05) is 24.2 Å². The van der Waals surface area contributed by atoms with Gasteiger partial charge in [-0.15, -0.1) is 11.3 Å². The molecule has 1 aromatic carbocycles. The molecule has 1 fully saturated rings. The normalized spacial score (nSPS) is 16.1. The first-order valence-electron chi connectivity index (χ1n) is 9.00. The lowest BCUT2D eigenvalue weighted by Crippen LogP contribution is -2.47. The van der Waals surface area contributed by atoms with E-state index in [0.29, 0.717) is 40.9 Å². The number of thiophene rings is 1. The summed E-state index contributed by atoms with van der Waals surface area (Å²) in [4.78, 5) is 12.2. The number of hydrogen-bond donors (Lipinski definition) is 1. The predicted octanol–water partition coefficient (Wildman–Crippen LogP) is 3.37. The highest BCUT2D eigenvalue weighted by Crippen LogP contribution is 2.26. The largest absolute Gasteiger partial charge is 0.484 e. The van der Waals surface area contributed by atoms with E-state index >= 15 is 0 Å². The number of rotatable bonds is 6. The second kappa shape index (κ2) is 8.82. The van der Waals surface area contributed by atoms with Crippen molar-refractivity contribution in [3.63, 3.8) is 0 Å². The number of benzene rings is 1. The van der Waals surface area contributed by atoms with Crippen LogP contribution in [0, 0.1) is 13.8 Å². The lowest BCUT2D eigenvalue weighted by Gasteiger charge is -2.31. The Bertz CT molecular complexity index is 914. The zero-order valence-corrected chi connectivity index (χ0v) is 18.2. The average molecular weight is 443 g/mol. The van der Waals surface area contributed by atoms with Crippen molar-refractivity contribution in [2.45, 2.75) is 36.9 Å². The van der Waals surface area contributed by atoms with E-state index in [9.17, 15) is 13.2 Å². The molecular formula is C19H23ClN2O4S2. The average Bonchev–Trinajstić information content (AvgIpc) is 3.20. The summed E-state index contributed by atoms with van der Waals surface area (Å²) in [6, 6.07) is 6.90. The van der Waals surface area contributed by atoms with Crippen LogP contribution in [0.4, 0.5) is 0 Å². The molecule has 9 heteroatoms. The Kier molecular flexibility index (Phi) is 6.65. The minimum absolute atomic E-state index is 0.0559. The van der Waals surface area contributed by atoms with Crippen LogP contribution in [0.15, 0.2) is 33.9 Å². The molecule has 0 radical (unpaired) electrons. The van der Waals surface area contributed by atoms with E-state index in [2.05, 4.69) is 5.32 Å². The van der Waals surface area contributed by atoms with Crippen LogP contribution < -0.4 is 10.1 Å². The van der Waals surface area contributed by atoms with E-state index in [1.807, 2.05) is 13.8 Å². The van der Waals surface area contributed by atoms with Gasteiger partial charge in [0.1, 0.15) is 9.96 Å². The zero-order valence-electron chi connectivity index (χ0n) is 15.8. The van der Waals surface area contributed by atoms with Crippen LogP contribution in [0.1, 0.15) is 24.0 Å². The zero-order chi connectivity index (χ0) is 20.3. The maximum atomic E-state index is 12.5. The van der Waals surface area contributed by atoms with E-state index in [1.54, 1.807) is 29.6 Å². The molecular weight excluding hydrogens is 420 g/mol. The van der Waals surface area contributed by atoms with Gasteiger partial charge in [0.25, 0.3) is 15.9 Å². The van der Waals surface area contributed by atoms with Crippen molar-refractivity contribution >= 4 is 38.9 Å². The number of amides is 1. The van der Waals surface area contributed by atoms with Crippen LogP contribution in [0.25, 0.3) is 0 Å². The molecule has 1 saturated heterocycles. The number of aryl methyl sites for hydroxylation is 2. The molecule has 0 aliphatic carbocycles. The summed E-state index contributed by atoms with van der Waals surface area (Å²) >= 11 is 7.35. The second-order valence-electron chi connectivity index (χ2n) is 6.84. The summed E-state index contributed by atoms with van der Waals surface area (Å²) < 4.78 is 32.5. The third kappa shape index (κ3) is 4.86. The minimum atomic E-state index is -3.42. The van der Waals surface area contributed by atoms with Gasteiger partial charge in [-0.05, 0) is 61.4 Å². The van der Waals surface area contributed by atoms with Crippen molar-refractivity contribution in [1.29, 1.82) is 0 Å². The van der Waals surface area contributed by atoms with Gasteiger partial charge in [0.2, 0.25) is 0 Å². The maximum Gasteiger partial charge on any atom is 0.258 e. The third-order valence-corrected chi connectivity index (χ3v) is 8.56. The quantitative estimate of drug-likeness (QED) is 0.744. The molecule has 28 heavy (non-hydrogen) atoms. The van der Waals surface area contributed by atoms with E-state index in [1.165, 1.54) is 15.6 Å². The summed E-state index contributed by atoms with van der Waals surface area (Å²) in [5.41, 5.74) is 1.80. The molecule has 1 amide bonds. The van der Waals surface area contributed by atoms with Crippen molar-refractivity contribution in [2.24, 2.45) is 0 Å². The Balaban J connectivity index is 1.48. The summed E-state index contributed by atoms with van der Waals surface area (Å²) in [7, 11) is -3.42. The molecule has 152 valence electrons. The molecule has 6 nitrogen and oxygen atoms in total. The predicted molar refractivity (Wildman–Crippen MR) is 111 cm³/mol. The van der Waals surface area contributed by atoms with Gasteiger partial charge in [-0.3, -0.25) is 4.79 Å². The lowest BCUT2D eigenvalue weighted by molar-refractivity contribution is -0.124. The Morgan fingerprint density at radius 2 is 1.93 bits per heavy atom. The van der Waals surface area contributed by atoms with E-state index in [-0.39, 0.29) is 18.6 Å². The van der Waals surface area contributed by atoms with Crippen molar-refractivity contribution < 1.29 is 17.9 Å². The summed E-state index contributed by atoms with van der Waals surface area (Å²) in [5.74, 6) is 0.385. The van der Waals surface area contributed by atoms with Gasteiger partial charge in [0.15, 0.2) is 6.61 Å². The Morgan fingerprint density at radius 1 is 1.29 bits per heavy atom. The number of piperidine rings is 1. The van der Waals surface area contributed by atoms with Crippen LogP contribution in [0.5, 0.6) is 5.75 Å². The molecule has 1 aliphatic rings. The smallest absolute Gasteiger partial charge is 0.258 e. The molecule has 0 bridgehead atoms. The number of sulfonamides is 1. The fourth-order valence-electron chi connectivity index (χ4n) is 3.19. The molecule has 0 unspecified atom stereocenters. The first kappa shape index (κ1) is 21.1. The van der Waals surface area contributed by atoms with E-state index in [0.717, 1.165) is 11.1 Å². The molecule has 1 N–H and O–H groups in total. The molecule has 3 rings (SSSR count). The van der Waals surface area contributed by atoms with E-state index < -0.39 is 10.0 Å². The SMILES string of the molecule is Cc1cc(OCC(=O)NC2CCN(S(=O)(=O)c3cccs3)CC2)cc(C)c1Cl. The standard InChI is InChI=1S/C19H23ClN2O4S2/c1-13-10-16(11-14(2)19(13)20)26-12-17(23)21-15-5-7-22(8-6-15)28(24,25)18-4-3-9-27-18/h3-4,9-11,15H,5-8,12H2,1-2H3,(H,21,23). The van der Waals surface area contributed by atoms with E-state index in [4.69, 9.17) is 16.3 Å². The molecule has 2 heterocycles. The number of nitrogens with zero attached hydrogens (tertiary/aromatic N) is 1. The van der Waals surface area contributed by atoms with Crippen LogP contribution in [0.3, 0.4) is 0 Å². The number of carbonyl (C=O) groups is 1. The molecule has 0 atom stereocenters. The number of carbonyl (C=O) groups excluding carboxylic acids is 1. The van der Waals surface area contributed by atoms with Gasteiger partial charge < -0.3 is 10.1 Å². The number of halogens is 1. The lowest BCUT2D eigenvalue weighted by atomic mass is 10.1. The minimum Gasteiger partial charge on any atom is -0.484 e. The number of hydrogen-bond acceptors (Lipinski definition) is 5. The molecule has 0 spiro atoms. The maximum absolute atomic E-state index is 12.5. The first-order chi connectivity index (χ1) is 13.3. The van der Waals surface area contributed by atoms with Crippen molar-refractivity contribution in [1.82, 2.24) is 9.62 Å². The fraction of sp³-hybridized carbons (Fsp3) is 0.421.